The summed E-state index contributed by atoms with van der Waals surface area (Å²) in [5.74, 6) is 0.0222. The van der Waals surface area contributed by atoms with E-state index in [9.17, 15) is 13.6 Å². The van der Waals surface area contributed by atoms with Gasteiger partial charge in [0.1, 0.15) is 11.4 Å². The first-order chi connectivity index (χ1) is 14.1. The highest BCUT2D eigenvalue weighted by Crippen LogP contribution is 2.28. The standard InChI is InChI=1S/C21H16F2N4O2/c22-20(23)29-16-9-7-15(8-10-16)27-21(28)26-14-5-3-13(4-6-14)18-12-25-19-17(18)2-1-11-24-19/h1-12,20H,(H,24,25)(H2,26,27,28). The fourth-order valence-corrected chi connectivity index (χ4v) is 2.94. The van der Waals surface area contributed by atoms with Crippen LogP contribution in [-0.2, 0) is 0 Å². The number of nitrogens with one attached hydrogen (secondary N) is 3. The van der Waals surface area contributed by atoms with Gasteiger partial charge in [0.2, 0.25) is 0 Å². The Kier molecular flexibility index (Phi) is 5.07. The van der Waals surface area contributed by atoms with E-state index in [1.807, 2.05) is 30.5 Å². The molecule has 0 unspecified atom stereocenters. The zero-order chi connectivity index (χ0) is 20.2. The van der Waals surface area contributed by atoms with Gasteiger partial charge in [-0.3, -0.25) is 0 Å². The van der Waals surface area contributed by atoms with E-state index in [0.29, 0.717) is 11.4 Å². The van der Waals surface area contributed by atoms with Crippen molar-refractivity contribution in [3.63, 3.8) is 0 Å². The molecule has 2 aromatic heterocycles. The second-order valence-electron chi connectivity index (χ2n) is 6.16. The molecule has 2 aromatic carbocycles. The number of pyridine rings is 1. The molecular formula is C21H16F2N4O2. The lowest BCUT2D eigenvalue weighted by Crippen LogP contribution is -2.19. The SMILES string of the molecule is O=C(Nc1ccc(OC(F)F)cc1)Nc1ccc(-c2c[nH]c3ncccc23)cc1. The Morgan fingerprint density at radius 1 is 0.966 bits per heavy atom. The molecule has 2 amide bonds. The Bertz CT molecular complexity index is 1130. The zero-order valence-corrected chi connectivity index (χ0v) is 15.0. The van der Waals surface area contributed by atoms with Crippen molar-refractivity contribution in [3.8, 4) is 16.9 Å². The number of alkyl halides is 2. The van der Waals surface area contributed by atoms with Gasteiger partial charge in [0, 0.05) is 34.7 Å². The molecule has 8 heteroatoms. The minimum absolute atomic E-state index is 0.0222. The van der Waals surface area contributed by atoms with Crippen molar-refractivity contribution in [2.24, 2.45) is 0 Å². The maximum absolute atomic E-state index is 12.2. The van der Waals surface area contributed by atoms with Crippen LogP contribution in [0.2, 0.25) is 0 Å². The van der Waals surface area contributed by atoms with E-state index in [1.54, 1.807) is 18.3 Å². The number of aromatic amines is 1. The van der Waals surface area contributed by atoms with Crippen LogP contribution in [0, 0.1) is 0 Å². The Morgan fingerprint density at radius 3 is 2.28 bits per heavy atom. The highest BCUT2D eigenvalue weighted by molar-refractivity contribution is 6.00. The Balaban J connectivity index is 1.40. The van der Waals surface area contributed by atoms with Crippen LogP contribution in [0.25, 0.3) is 22.2 Å². The highest BCUT2D eigenvalue weighted by Gasteiger charge is 2.08. The van der Waals surface area contributed by atoms with Gasteiger partial charge in [-0.25, -0.2) is 9.78 Å². The number of anilines is 2. The molecule has 6 nitrogen and oxygen atoms in total. The van der Waals surface area contributed by atoms with Crippen LogP contribution in [0.1, 0.15) is 0 Å². The molecule has 0 saturated carbocycles. The zero-order valence-electron chi connectivity index (χ0n) is 15.0. The van der Waals surface area contributed by atoms with Crippen LogP contribution in [0.3, 0.4) is 0 Å². The third-order valence-electron chi connectivity index (χ3n) is 4.24. The average molecular weight is 394 g/mol. The molecule has 0 saturated heterocycles. The monoisotopic (exact) mass is 394 g/mol. The third kappa shape index (κ3) is 4.32. The molecule has 0 aliphatic rings. The molecule has 0 fully saturated rings. The van der Waals surface area contributed by atoms with Gasteiger partial charge in [-0.15, -0.1) is 0 Å². The molecule has 0 aliphatic carbocycles. The summed E-state index contributed by atoms with van der Waals surface area (Å²) in [6.07, 6.45) is 3.63. The summed E-state index contributed by atoms with van der Waals surface area (Å²) in [5, 5.41) is 6.38. The van der Waals surface area contributed by atoms with Crippen molar-refractivity contribution in [3.05, 3.63) is 73.1 Å². The van der Waals surface area contributed by atoms with Gasteiger partial charge in [-0.05, 0) is 54.1 Å². The number of rotatable bonds is 5. The minimum Gasteiger partial charge on any atom is -0.435 e. The van der Waals surface area contributed by atoms with Crippen LogP contribution in [0.15, 0.2) is 73.1 Å². The number of hydrogen-bond acceptors (Lipinski definition) is 3. The molecule has 0 spiro atoms. The Labute approximate surface area is 164 Å². The van der Waals surface area contributed by atoms with Crippen molar-refractivity contribution >= 4 is 28.4 Å². The third-order valence-corrected chi connectivity index (χ3v) is 4.24. The number of benzene rings is 2. The number of amides is 2. The maximum Gasteiger partial charge on any atom is 0.387 e. The Morgan fingerprint density at radius 2 is 1.62 bits per heavy atom. The van der Waals surface area contributed by atoms with Crippen molar-refractivity contribution in [2.75, 3.05) is 10.6 Å². The number of urea groups is 1. The molecule has 2 heterocycles. The topological polar surface area (TPSA) is 79.0 Å². The largest absolute Gasteiger partial charge is 0.435 e. The van der Waals surface area contributed by atoms with Crippen LogP contribution in [0.4, 0.5) is 25.0 Å². The van der Waals surface area contributed by atoms with Crippen molar-refractivity contribution in [1.82, 2.24) is 9.97 Å². The van der Waals surface area contributed by atoms with Gasteiger partial charge in [-0.2, -0.15) is 8.78 Å². The van der Waals surface area contributed by atoms with Gasteiger partial charge < -0.3 is 20.4 Å². The summed E-state index contributed by atoms with van der Waals surface area (Å²) >= 11 is 0. The maximum atomic E-state index is 12.2. The number of nitrogens with zero attached hydrogens (tertiary/aromatic N) is 1. The number of H-pyrrole nitrogens is 1. The molecule has 29 heavy (non-hydrogen) atoms. The number of halogens is 2. The lowest BCUT2D eigenvalue weighted by molar-refractivity contribution is -0.0498. The molecule has 4 rings (SSSR count). The van der Waals surface area contributed by atoms with Crippen LogP contribution < -0.4 is 15.4 Å². The predicted octanol–water partition coefficient (Wildman–Crippen LogP) is 5.48. The second-order valence-corrected chi connectivity index (χ2v) is 6.16. The van der Waals surface area contributed by atoms with Crippen LogP contribution in [-0.4, -0.2) is 22.6 Å². The number of hydrogen-bond donors (Lipinski definition) is 3. The lowest BCUT2D eigenvalue weighted by atomic mass is 10.1. The fraction of sp³-hybridized carbons (Fsp3) is 0.0476. The lowest BCUT2D eigenvalue weighted by Gasteiger charge is -2.09. The van der Waals surface area contributed by atoms with E-state index in [4.69, 9.17) is 0 Å². The van der Waals surface area contributed by atoms with Gasteiger partial charge in [-0.1, -0.05) is 12.1 Å². The van der Waals surface area contributed by atoms with E-state index < -0.39 is 12.6 Å². The highest BCUT2D eigenvalue weighted by atomic mass is 19.3. The van der Waals surface area contributed by atoms with Crippen molar-refractivity contribution < 1.29 is 18.3 Å². The first-order valence-corrected chi connectivity index (χ1v) is 8.74. The quantitative estimate of drug-likeness (QED) is 0.420. The van der Waals surface area contributed by atoms with E-state index in [2.05, 4.69) is 25.3 Å². The molecule has 3 N–H and O–H groups in total. The van der Waals surface area contributed by atoms with Gasteiger partial charge >= 0.3 is 12.6 Å². The number of carbonyl (C=O) groups is 1. The molecule has 0 bridgehead atoms. The van der Waals surface area contributed by atoms with Gasteiger partial charge in [0.25, 0.3) is 0 Å². The molecular weight excluding hydrogens is 378 g/mol. The first-order valence-electron chi connectivity index (χ1n) is 8.74. The number of aromatic nitrogens is 2. The van der Waals surface area contributed by atoms with Crippen LogP contribution in [0.5, 0.6) is 5.75 Å². The van der Waals surface area contributed by atoms with E-state index in [1.165, 1.54) is 24.3 Å². The summed E-state index contributed by atoms with van der Waals surface area (Å²) in [6, 6.07) is 16.5. The van der Waals surface area contributed by atoms with Crippen LogP contribution >= 0.6 is 0 Å². The van der Waals surface area contributed by atoms with Crippen molar-refractivity contribution in [1.29, 1.82) is 0 Å². The smallest absolute Gasteiger partial charge is 0.387 e. The molecule has 146 valence electrons. The summed E-state index contributed by atoms with van der Waals surface area (Å²) in [5.41, 5.74) is 3.89. The van der Waals surface area contributed by atoms with Crippen molar-refractivity contribution in [2.45, 2.75) is 6.61 Å². The van der Waals surface area contributed by atoms with E-state index in [0.717, 1.165) is 22.2 Å². The summed E-state index contributed by atoms with van der Waals surface area (Å²) in [7, 11) is 0. The van der Waals surface area contributed by atoms with Gasteiger partial charge in [0.15, 0.2) is 0 Å². The molecule has 0 radical (unpaired) electrons. The molecule has 0 aliphatic heterocycles. The second kappa shape index (κ2) is 7.97. The minimum atomic E-state index is -2.89. The summed E-state index contributed by atoms with van der Waals surface area (Å²) < 4.78 is 28.6. The average Bonchev–Trinajstić information content (AvgIpc) is 3.14. The van der Waals surface area contributed by atoms with E-state index >= 15 is 0 Å². The molecule has 4 aromatic rings. The fourth-order valence-electron chi connectivity index (χ4n) is 2.94. The first kappa shape index (κ1) is 18.4. The van der Waals surface area contributed by atoms with E-state index in [-0.39, 0.29) is 5.75 Å². The normalized spacial score (nSPS) is 10.9. The Hall–Kier alpha value is -3.94. The number of fused-ring (bicyclic) bond motifs is 1. The number of carbonyl (C=O) groups excluding carboxylic acids is 1. The van der Waals surface area contributed by atoms with Gasteiger partial charge in [0.05, 0.1) is 0 Å². The number of ether oxygens (including phenoxy) is 1. The summed E-state index contributed by atoms with van der Waals surface area (Å²) in [4.78, 5) is 19.6. The summed E-state index contributed by atoms with van der Waals surface area (Å²) in [6.45, 7) is -2.89. The molecule has 0 atom stereocenters. The predicted molar refractivity (Wildman–Crippen MR) is 107 cm³/mol.